The van der Waals surface area contributed by atoms with E-state index in [0.717, 1.165) is 20.2 Å². The zero-order chi connectivity index (χ0) is 9.84. The minimum absolute atomic E-state index is 0.0597. The summed E-state index contributed by atoms with van der Waals surface area (Å²) < 4.78 is 1.84. The molecule has 0 saturated heterocycles. The maximum atomic E-state index is 8.82. The third-order valence-corrected chi connectivity index (χ3v) is 2.54. The number of aromatic nitrogens is 1. The Kier molecular flexibility index (Phi) is 4.09. The van der Waals surface area contributed by atoms with Crippen LogP contribution < -0.4 is 0 Å². The molecule has 70 valence electrons. The van der Waals surface area contributed by atoms with E-state index in [2.05, 4.69) is 36.8 Å². The Hall–Kier alpha value is -0.190. The van der Waals surface area contributed by atoms with Gasteiger partial charge in [-0.15, -0.1) is 0 Å². The van der Waals surface area contributed by atoms with Gasteiger partial charge in [0.2, 0.25) is 0 Å². The molecule has 0 amide bonds. The maximum absolute atomic E-state index is 8.82. The van der Waals surface area contributed by atoms with Crippen LogP contribution in [0.2, 0.25) is 0 Å². The first-order valence-electron chi connectivity index (χ1n) is 3.72. The first-order chi connectivity index (χ1) is 6.13. The van der Waals surface area contributed by atoms with Crippen LogP contribution in [0.15, 0.2) is 26.8 Å². The quantitative estimate of drug-likeness (QED) is 0.911. The van der Waals surface area contributed by atoms with Crippen molar-refractivity contribution >= 4 is 37.9 Å². The summed E-state index contributed by atoms with van der Waals surface area (Å²) in [4.78, 5) is 4.18. The van der Waals surface area contributed by atoms with E-state index in [1.807, 2.05) is 19.1 Å². The fourth-order valence-corrected chi connectivity index (χ4v) is 1.91. The minimum Gasteiger partial charge on any atom is -0.392 e. The second-order valence-electron chi connectivity index (χ2n) is 2.67. The molecule has 0 aliphatic carbocycles. The third kappa shape index (κ3) is 3.21. The molecule has 0 bridgehead atoms. The molecule has 0 radical (unpaired) electrons. The summed E-state index contributed by atoms with van der Waals surface area (Å²) >= 11 is 6.70. The van der Waals surface area contributed by atoms with Crippen LogP contribution in [0.3, 0.4) is 0 Å². The monoisotopic (exact) mass is 305 g/mol. The van der Waals surface area contributed by atoms with Crippen molar-refractivity contribution in [1.29, 1.82) is 0 Å². The Morgan fingerprint density at radius 2 is 2.31 bits per heavy atom. The molecule has 1 aromatic rings. The van der Waals surface area contributed by atoms with Crippen LogP contribution in [-0.4, -0.2) is 16.7 Å². The second-order valence-corrected chi connectivity index (χ2v) is 4.44. The number of hydrogen-bond acceptors (Lipinski definition) is 2. The van der Waals surface area contributed by atoms with E-state index >= 15 is 0 Å². The minimum atomic E-state index is 0.0597. The Morgan fingerprint density at radius 1 is 1.62 bits per heavy atom. The molecular weight excluding hydrogens is 298 g/mol. The zero-order valence-corrected chi connectivity index (χ0v) is 10.3. The van der Waals surface area contributed by atoms with Crippen LogP contribution in [0, 0.1) is 0 Å². The number of halogens is 2. The first-order valence-corrected chi connectivity index (χ1v) is 5.31. The van der Waals surface area contributed by atoms with Gasteiger partial charge in [0, 0.05) is 15.1 Å². The molecule has 1 heterocycles. The molecule has 2 nitrogen and oxygen atoms in total. The van der Waals surface area contributed by atoms with Gasteiger partial charge in [-0.1, -0.05) is 0 Å². The molecule has 1 aromatic heterocycles. The number of pyridine rings is 1. The van der Waals surface area contributed by atoms with Crippen LogP contribution in [0.4, 0.5) is 0 Å². The third-order valence-electron chi connectivity index (χ3n) is 1.47. The highest BCUT2D eigenvalue weighted by molar-refractivity contribution is 9.11. The molecule has 0 aromatic carbocycles. The van der Waals surface area contributed by atoms with E-state index in [1.54, 1.807) is 6.20 Å². The van der Waals surface area contributed by atoms with Crippen molar-refractivity contribution in [2.45, 2.75) is 6.92 Å². The largest absolute Gasteiger partial charge is 0.392 e. The van der Waals surface area contributed by atoms with Crippen LogP contribution in [0.25, 0.3) is 6.08 Å². The maximum Gasteiger partial charge on any atom is 0.0772 e. The highest BCUT2D eigenvalue weighted by atomic mass is 79.9. The Balaban J connectivity index is 3.03. The number of hydrogen-bond donors (Lipinski definition) is 1. The summed E-state index contributed by atoms with van der Waals surface area (Å²) in [5, 5.41) is 8.82. The molecule has 0 unspecified atom stereocenters. The van der Waals surface area contributed by atoms with Crippen LogP contribution in [0.5, 0.6) is 0 Å². The number of aliphatic hydroxyl groups is 1. The molecule has 13 heavy (non-hydrogen) atoms. The van der Waals surface area contributed by atoms with Crippen molar-refractivity contribution in [3.05, 3.63) is 32.5 Å². The number of rotatable bonds is 2. The molecule has 0 fully saturated rings. The molecule has 0 aliphatic heterocycles. The van der Waals surface area contributed by atoms with Crippen LogP contribution in [-0.2, 0) is 0 Å². The average molecular weight is 307 g/mol. The van der Waals surface area contributed by atoms with Gasteiger partial charge in [0.15, 0.2) is 0 Å². The van der Waals surface area contributed by atoms with Gasteiger partial charge in [-0.05, 0) is 56.5 Å². The lowest BCUT2D eigenvalue weighted by molar-refractivity contribution is 0.332. The number of aliphatic hydroxyl groups excluding tert-OH is 1. The average Bonchev–Trinajstić information content (AvgIpc) is 2.09. The van der Waals surface area contributed by atoms with Crippen LogP contribution in [0.1, 0.15) is 12.6 Å². The van der Waals surface area contributed by atoms with Gasteiger partial charge in [-0.3, -0.25) is 4.98 Å². The van der Waals surface area contributed by atoms with Crippen molar-refractivity contribution in [1.82, 2.24) is 4.98 Å². The van der Waals surface area contributed by atoms with E-state index in [1.165, 1.54) is 0 Å². The molecule has 1 rings (SSSR count). The lowest BCUT2D eigenvalue weighted by Gasteiger charge is -1.99. The lowest BCUT2D eigenvalue weighted by Crippen LogP contribution is -1.87. The van der Waals surface area contributed by atoms with Gasteiger partial charge in [0.05, 0.1) is 12.3 Å². The van der Waals surface area contributed by atoms with E-state index in [4.69, 9.17) is 5.11 Å². The van der Waals surface area contributed by atoms with E-state index in [-0.39, 0.29) is 6.61 Å². The molecule has 0 aliphatic rings. The molecule has 0 atom stereocenters. The van der Waals surface area contributed by atoms with Gasteiger partial charge in [-0.2, -0.15) is 0 Å². The van der Waals surface area contributed by atoms with Gasteiger partial charge in [-0.25, -0.2) is 0 Å². The van der Waals surface area contributed by atoms with Gasteiger partial charge in [0.25, 0.3) is 0 Å². The van der Waals surface area contributed by atoms with Crippen molar-refractivity contribution in [3.8, 4) is 0 Å². The summed E-state index contributed by atoms with van der Waals surface area (Å²) in [7, 11) is 0. The Bertz CT molecular complexity index is 336. The fourth-order valence-electron chi connectivity index (χ4n) is 0.810. The van der Waals surface area contributed by atoms with E-state index in [0.29, 0.717) is 0 Å². The van der Waals surface area contributed by atoms with Crippen molar-refractivity contribution in [3.63, 3.8) is 0 Å². The standard InChI is InChI=1S/C9H9Br2NO/c1-6(5-13)2-9-8(11)3-7(10)4-12-9/h2-4,13H,5H2,1H3/b6-2+. The Morgan fingerprint density at radius 3 is 2.85 bits per heavy atom. The van der Waals surface area contributed by atoms with Crippen molar-refractivity contribution < 1.29 is 5.11 Å². The zero-order valence-electron chi connectivity index (χ0n) is 7.09. The smallest absolute Gasteiger partial charge is 0.0772 e. The molecule has 4 heteroatoms. The summed E-state index contributed by atoms with van der Waals surface area (Å²) in [5.74, 6) is 0. The van der Waals surface area contributed by atoms with E-state index in [9.17, 15) is 0 Å². The SMILES string of the molecule is C/C(=C\c1ncc(Br)cc1Br)CO. The highest BCUT2D eigenvalue weighted by Crippen LogP contribution is 2.21. The Labute approximate surface area is 94.0 Å². The normalized spacial score (nSPS) is 11.8. The molecule has 1 N–H and O–H groups in total. The van der Waals surface area contributed by atoms with Gasteiger partial charge in [0.1, 0.15) is 0 Å². The molecule has 0 saturated carbocycles. The predicted octanol–water partition coefficient (Wildman–Crippen LogP) is 3.00. The van der Waals surface area contributed by atoms with Gasteiger partial charge >= 0.3 is 0 Å². The lowest BCUT2D eigenvalue weighted by atomic mass is 10.2. The highest BCUT2D eigenvalue weighted by Gasteiger charge is 1.99. The van der Waals surface area contributed by atoms with Crippen molar-refractivity contribution in [2.24, 2.45) is 0 Å². The predicted molar refractivity (Wildman–Crippen MR) is 60.4 cm³/mol. The molecule has 0 spiro atoms. The second kappa shape index (κ2) is 4.88. The first kappa shape index (κ1) is 10.9. The molecular formula is C9H9Br2NO. The summed E-state index contributed by atoms with van der Waals surface area (Å²) in [5.41, 5.74) is 1.71. The van der Waals surface area contributed by atoms with Gasteiger partial charge < -0.3 is 5.11 Å². The number of nitrogens with zero attached hydrogens (tertiary/aromatic N) is 1. The topological polar surface area (TPSA) is 33.1 Å². The summed E-state index contributed by atoms with van der Waals surface area (Å²) in [6.07, 6.45) is 3.57. The van der Waals surface area contributed by atoms with Crippen LogP contribution >= 0.6 is 31.9 Å². The fraction of sp³-hybridized carbons (Fsp3) is 0.222. The van der Waals surface area contributed by atoms with E-state index < -0.39 is 0 Å². The van der Waals surface area contributed by atoms with Crippen molar-refractivity contribution in [2.75, 3.05) is 6.61 Å². The summed E-state index contributed by atoms with van der Waals surface area (Å²) in [6, 6.07) is 1.92. The summed E-state index contributed by atoms with van der Waals surface area (Å²) in [6.45, 7) is 1.92.